The molecule has 0 fully saturated rings. The van der Waals surface area contributed by atoms with Crippen LogP contribution in [0.3, 0.4) is 0 Å². The highest BCUT2D eigenvalue weighted by Gasteiger charge is 2.38. The van der Waals surface area contributed by atoms with E-state index in [1.54, 1.807) is 14.2 Å². The van der Waals surface area contributed by atoms with Crippen LogP contribution in [0, 0.1) is 0 Å². The van der Waals surface area contributed by atoms with Crippen molar-refractivity contribution >= 4 is 31.9 Å². The summed E-state index contributed by atoms with van der Waals surface area (Å²) in [7, 11) is 3.26. The van der Waals surface area contributed by atoms with Crippen LogP contribution in [0.2, 0.25) is 0 Å². The van der Waals surface area contributed by atoms with Crippen LogP contribution >= 0.6 is 31.9 Å². The van der Waals surface area contributed by atoms with Gasteiger partial charge >= 0.3 is 0 Å². The van der Waals surface area contributed by atoms with Crippen molar-refractivity contribution in [2.24, 2.45) is 0 Å². The number of hydrogen-bond donors (Lipinski definition) is 0. The molecular formula is C12H16Br2O2. The maximum Gasteiger partial charge on any atom is 0.217 e. The van der Waals surface area contributed by atoms with E-state index in [2.05, 4.69) is 50.9 Å². The van der Waals surface area contributed by atoms with E-state index in [4.69, 9.17) is 9.47 Å². The van der Waals surface area contributed by atoms with Gasteiger partial charge in [-0.25, -0.2) is 0 Å². The minimum Gasteiger partial charge on any atom is -0.348 e. The molecule has 0 radical (unpaired) electrons. The summed E-state index contributed by atoms with van der Waals surface area (Å²) < 4.78 is 10.9. The Balaban J connectivity index is 3.10. The monoisotopic (exact) mass is 350 g/mol. The second-order valence-corrected chi connectivity index (χ2v) is 6.49. The zero-order valence-corrected chi connectivity index (χ0v) is 12.8. The van der Waals surface area contributed by atoms with Gasteiger partial charge in [0, 0.05) is 19.8 Å². The third kappa shape index (κ3) is 2.67. The normalized spacial score (nSPS) is 12.1. The number of alkyl halides is 2. The van der Waals surface area contributed by atoms with Crippen molar-refractivity contribution in [3.8, 4) is 0 Å². The molecule has 1 aromatic carbocycles. The van der Waals surface area contributed by atoms with E-state index in [1.165, 1.54) is 5.56 Å². The van der Waals surface area contributed by atoms with Gasteiger partial charge in [0.25, 0.3) is 0 Å². The number of methoxy groups -OCH3 is 2. The number of benzene rings is 1. The van der Waals surface area contributed by atoms with Crippen LogP contribution in [-0.4, -0.2) is 18.0 Å². The molecule has 0 amide bonds. The predicted molar refractivity (Wildman–Crippen MR) is 73.2 cm³/mol. The lowest BCUT2D eigenvalue weighted by molar-refractivity contribution is -0.201. The van der Waals surface area contributed by atoms with E-state index in [0.717, 1.165) is 12.0 Å². The summed E-state index contributed by atoms with van der Waals surface area (Å²) in [6, 6.07) is 8.23. The van der Waals surface area contributed by atoms with Crippen LogP contribution in [0.15, 0.2) is 24.3 Å². The third-order valence-corrected chi connectivity index (χ3v) is 3.86. The van der Waals surface area contributed by atoms with Crippen LogP contribution in [0.5, 0.6) is 0 Å². The molecule has 0 N–H and O–H groups in total. The van der Waals surface area contributed by atoms with Crippen molar-refractivity contribution in [2.75, 3.05) is 14.2 Å². The lowest BCUT2D eigenvalue weighted by Crippen LogP contribution is -2.36. The Morgan fingerprint density at radius 1 is 1.12 bits per heavy atom. The highest BCUT2D eigenvalue weighted by atomic mass is 79.9. The molecule has 0 spiro atoms. The molecule has 90 valence electrons. The standard InChI is InChI=1S/C12H16Br2O2/c1-4-9-5-7-10(8-6-9)12(15-2,16-3)11(13)14/h5-8,11H,4H2,1-3H3. The second-order valence-electron chi connectivity index (χ2n) is 3.43. The summed E-state index contributed by atoms with van der Waals surface area (Å²) in [5.74, 6) is -0.799. The van der Waals surface area contributed by atoms with Crippen LogP contribution in [-0.2, 0) is 21.7 Å². The number of ether oxygens (including phenoxy) is 2. The van der Waals surface area contributed by atoms with Crippen molar-refractivity contribution in [2.45, 2.75) is 22.9 Å². The van der Waals surface area contributed by atoms with Crippen molar-refractivity contribution in [1.82, 2.24) is 0 Å². The molecule has 0 aliphatic carbocycles. The quantitative estimate of drug-likeness (QED) is 0.593. The Hall–Kier alpha value is 0.1000. The van der Waals surface area contributed by atoms with Gasteiger partial charge in [0.2, 0.25) is 5.79 Å². The molecule has 0 unspecified atom stereocenters. The number of rotatable bonds is 5. The molecule has 0 heterocycles. The fourth-order valence-corrected chi connectivity index (χ4v) is 2.87. The maximum atomic E-state index is 5.49. The van der Waals surface area contributed by atoms with Gasteiger partial charge in [0.15, 0.2) is 0 Å². The molecule has 16 heavy (non-hydrogen) atoms. The summed E-state index contributed by atoms with van der Waals surface area (Å²) >= 11 is 6.91. The van der Waals surface area contributed by atoms with Gasteiger partial charge in [0.05, 0.1) is 0 Å². The van der Waals surface area contributed by atoms with E-state index < -0.39 is 5.79 Å². The van der Waals surface area contributed by atoms with E-state index in [-0.39, 0.29) is 3.74 Å². The average Bonchev–Trinajstić information content (AvgIpc) is 2.32. The highest BCUT2D eigenvalue weighted by molar-refractivity contribution is 9.24. The second kappa shape index (κ2) is 6.15. The Kier molecular flexibility index (Phi) is 5.44. The zero-order valence-electron chi connectivity index (χ0n) is 9.67. The topological polar surface area (TPSA) is 18.5 Å². The predicted octanol–water partition coefficient (Wildman–Crippen LogP) is 3.81. The first kappa shape index (κ1) is 14.2. The van der Waals surface area contributed by atoms with Gasteiger partial charge in [-0.15, -0.1) is 0 Å². The van der Waals surface area contributed by atoms with E-state index >= 15 is 0 Å². The van der Waals surface area contributed by atoms with Crippen LogP contribution in [0.1, 0.15) is 18.1 Å². The largest absolute Gasteiger partial charge is 0.348 e. The van der Waals surface area contributed by atoms with Crippen LogP contribution in [0.4, 0.5) is 0 Å². The fraction of sp³-hybridized carbons (Fsp3) is 0.500. The van der Waals surface area contributed by atoms with Gasteiger partial charge in [-0.3, -0.25) is 0 Å². The SMILES string of the molecule is CCc1ccc(C(OC)(OC)C(Br)Br)cc1. The average molecular weight is 352 g/mol. The molecule has 4 heteroatoms. The molecule has 0 aliphatic rings. The van der Waals surface area contributed by atoms with Gasteiger partial charge in [-0.1, -0.05) is 63.0 Å². The minimum atomic E-state index is -0.799. The fourth-order valence-electron chi connectivity index (χ4n) is 1.60. The van der Waals surface area contributed by atoms with E-state index in [1.807, 2.05) is 12.1 Å². The van der Waals surface area contributed by atoms with Crippen molar-refractivity contribution < 1.29 is 9.47 Å². The summed E-state index contributed by atoms with van der Waals surface area (Å²) in [5.41, 5.74) is 2.28. The smallest absolute Gasteiger partial charge is 0.217 e. The maximum absolute atomic E-state index is 5.49. The molecular weight excluding hydrogens is 336 g/mol. The molecule has 0 bridgehead atoms. The van der Waals surface area contributed by atoms with Gasteiger partial charge < -0.3 is 9.47 Å². The lowest BCUT2D eigenvalue weighted by Gasteiger charge is -2.33. The Bertz CT molecular complexity index is 318. The molecule has 2 nitrogen and oxygen atoms in total. The molecule has 0 atom stereocenters. The van der Waals surface area contributed by atoms with Crippen molar-refractivity contribution in [3.05, 3.63) is 35.4 Å². The molecule has 0 aromatic heterocycles. The molecule has 1 aromatic rings. The summed E-state index contributed by atoms with van der Waals surface area (Å²) in [6.07, 6.45) is 1.03. The Morgan fingerprint density at radius 3 is 1.94 bits per heavy atom. The zero-order chi connectivity index (χ0) is 12.2. The first-order valence-corrected chi connectivity index (χ1v) is 6.91. The summed E-state index contributed by atoms with van der Waals surface area (Å²) in [5, 5.41) is 0. The van der Waals surface area contributed by atoms with Crippen molar-refractivity contribution in [3.63, 3.8) is 0 Å². The van der Waals surface area contributed by atoms with E-state index in [9.17, 15) is 0 Å². The van der Waals surface area contributed by atoms with Crippen molar-refractivity contribution in [1.29, 1.82) is 0 Å². The summed E-state index contributed by atoms with van der Waals surface area (Å²) in [6.45, 7) is 2.13. The first-order chi connectivity index (χ1) is 7.60. The molecule has 0 saturated heterocycles. The third-order valence-electron chi connectivity index (χ3n) is 2.66. The van der Waals surface area contributed by atoms with Gasteiger partial charge in [-0.2, -0.15) is 0 Å². The molecule has 0 saturated carbocycles. The van der Waals surface area contributed by atoms with E-state index in [0.29, 0.717) is 0 Å². The Labute approximate surface area is 114 Å². The molecule has 0 aliphatic heterocycles. The first-order valence-electron chi connectivity index (χ1n) is 5.08. The van der Waals surface area contributed by atoms with Gasteiger partial charge in [-0.05, 0) is 12.0 Å². The number of halogens is 2. The summed E-state index contributed by atoms with van der Waals surface area (Å²) in [4.78, 5) is 0. The lowest BCUT2D eigenvalue weighted by atomic mass is 10.0. The minimum absolute atomic E-state index is 0.116. The highest BCUT2D eigenvalue weighted by Crippen LogP contribution is 2.37. The van der Waals surface area contributed by atoms with Gasteiger partial charge in [0.1, 0.15) is 3.74 Å². The van der Waals surface area contributed by atoms with Crippen LogP contribution < -0.4 is 0 Å². The number of hydrogen-bond acceptors (Lipinski definition) is 2. The molecule has 1 rings (SSSR count). The van der Waals surface area contributed by atoms with Crippen LogP contribution in [0.25, 0.3) is 0 Å². The Morgan fingerprint density at radius 2 is 1.62 bits per heavy atom. The number of aryl methyl sites for hydroxylation is 1.